The molecule has 1 saturated heterocycles. The first-order valence-electron chi connectivity index (χ1n) is 10.3. The van der Waals surface area contributed by atoms with E-state index < -0.39 is 0 Å². The van der Waals surface area contributed by atoms with Crippen LogP contribution >= 0.6 is 7.92 Å². The second-order valence-corrected chi connectivity index (χ2v) is 11.8. The van der Waals surface area contributed by atoms with Gasteiger partial charge in [-0.15, -0.1) is 7.92 Å². The van der Waals surface area contributed by atoms with Crippen molar-refractivity contribution in [1.29, 1.82) is 0 Å². The molecule has 0 aromatic rings. The zero-order valence-electron chi connectivity index (χ0n) is 17.3. The number of hydrogen-bond donors (Lipinski definition) is 0. The van der Waals surface area contributed by atoms with Gasteiger partial charge in [0.25, 0.3) is 0 Å². The van der Waals surface area contributed by atoms with Crippen LogP contribution < -0.4 is 0 Å². The maximum atomic E-state index is 12.4. The molecule has 0 saturated carbocycles. The molecule has 1 fully saturated rings. The third-order valence-corrected chi connectivity index (χ3v) is 9.35. The molecule has 5 unspecified atom stereocenters. The molecule has 1 aliphatic heterocycles. The smallest absolute Gasteiger partial charge is 0.223 e. The van der Waals surface area contributed by atoms with Crippen molar-refractivity contribution in [2.75, 3.05) is 13.2 Å². The van der Waals surface area contributed by atoms with Gasteiger partial charge in [-0.05, 0) is 68.3 Å². The standard InChI is InChI=1S/C21H42NOP/c1-8-18(5)24(7)19(6)15-17(4)11-12-20-10-9-13-22(20)21(23)14-16(2)3/h16-20H,8-15H2,1-7H3. The SMILES string of the molecule is CCC(C)P(C)C(C)CC(C)CCC1CCCN1C(=O)CC(C)C. The average Bonchev–Trinajstić information content (AvgIpc) is 2.99. The van der Waals surface area contributed by atoms with Crippen LogP contribution in [0.1, 0.15) is 86.5 Å². The van der Waals surface area contributed by atoms with Crippen molar-refractivity contribution < 1.29 is 4.79 Å². The summed E-state index contributed by atoms with van der Waals surface area (Å²) in [5.41, 5.74) is 1.76. The minimum Gasteiger partial charge on any atom is -0.340 e. The fraction of sp³-hybridized carbons (Fsp3) is 0.952. The summed E-state index contributed by atoms with van der Waals surface area (Å²) in [5.74, 6) is 1.65. The number of carbonyl (C=O) groups excluding carboxylic acids is 1. The molecular weight excluding hydrogens is 313 g/mol. The van der Waals surface area contributed by atoms with Crippen molar-refractivity contribution in [3.05, 3.63) is 0 Å². The minimum atomic E-state index is 0.150. The molecule has 0 N–H and O–H groups in total. The molecule has 2 nitrogen and oxygen atoms in total. The van der Waals surface area contributed by atoms with E-state index >= 15 is 0 Å². The van der Waals surface area contributed by atoms with E-state index in [9.17, 15) is 4.79 Å². The summed E-state index contributed by atoms with van der Waals surface area (Å²) in [7, 11) is 0.150. The maximum Gasteiger partial charge on any atom is 0.223 e. The number of nitrogens with zero attached hydrogens (tertiary/aromatic N) is 1. The molecular formula is C21H42NOP. The highest BCUT2D eigenvalue weighted by Crippen LogP contribution is 2.46. The summed E-state index contributed by atoms with van der Waals surface area (Å²) in [6.07, 6.45) is 8.31. The molecule has 1 heterocycles. The van der Waals surface area contributed by atoms with Crippen LogP contribution in [-0.2, 0) is 4.79 Å². The highest BCUT2D eigenvalue weighted by molar-refractivity contribution is 7.58. The van der Waals surface area contributed by atoms with Crippen LogP contribution in [0.4, 0.5) is 0 Å². The first-order valence-corrected chi connectivity index (χ1v) is 12.2. The fourth-order valence-corrected chi connectivity index (χ4v) is 6.13. The lowest BCUT2D eigenvalue weighted by Gasteiger charge is -2.30. The summed E-state index contributed by atoms with van der Waals surface area (Å²) in [4.78, 5) is 14.6. The second kappa shape index (κ2) is 10.8. The lowest BCUT2D eigenvalue weighted by atomic mass is 9.96. The maximum absolute atomic E-state index is 12.4. The third kappa shape index (κ3) is 7.03. The monoisotopic (exact) mass is 355 g/mol. The van der Waals surface area contributed by atoms with Gasteiger partial charge in [-0.2, -0.15) is 0 Å². The van der Waals surface area contributed by atoms with E-state index in [4.69, 9.17) is 0 Å². The van der Waals surface area contributed by atoms with Crippen LogP contribution in [0.3, 0.4) is 0 Å². The Morgan fingerprint density at radius 2 is 1.83 bits per heavy atom. The lowest BCUT2D eigenvalue weighted by molar-refractivity contribution is -0.132. The number of amides is 1. The molecule has 0 aromatic carbocycles. The minimum absolute atomic E-state index is 0.150. The van der Waals surface area contributed by atoms with E-state index in [1.807, 2.05) is 0 Å². The van der Waals surface area contributed by atoms with Gasteiger partial charge in [0.15, 0.2) is 0 Å². The Bertz CT molecular complexity index is 371. The summed E-state index contributed by atoms with van der Waals surface area (Å²) in [6, 6.07) is 0.520. The summed E-state index contributed by atoms with van der Waals surface area (Å²) < 4.78 is 0. The Morgan fingerprint density at radius 3 is 2.42 bits per heavy atom. The van der Waals surface area contributed by atoms with Crippen molar-refractivity contribution in [3.8, 4) is 0 Å². The van der Waals surface area contributed by atoms with Crippen LogP contribution in [0.15, 0.2) is 0 Å². The Balaban J connectivity index is 2.40. The zero-order chi connectivity index (χ0) is 18.3. The molecule has 0 radical (unpaired) electrons. The van der Waals surface area contributed by atoms with Crippen LogP contribution in [0.25, 0.3) is 0 Å². The molecule has 0 aromatic heterocycles. The Morgan fingerprint density at radius 1 is 1.17 bits per heavy atom. The average molecular weight is 356 g/mol. The molecule has 0 aliphatic carbocycles. The van der Waals surface area contributed by atoms with Gasteiger partial charge in [-0.3, -0.25) is 4.79 Å². The van der Waals surface area contributed by atoms with Gasteiger partial charge in [0, 0.05) is 19.0 Å². The normalized spacial score (nSPS) is 23.3. The van der Waals surface area contributed by atoms with Crippen LogP contribution in [0.2, 0.25) is 0 Å². The summed E-state index contributed by atoms with van der Waals surface area (Å²) in [6.45, 7) is 17.4. The van der Waals surface area contributed by atoms with Crippen LogP contribution in [0.5, 0.6) is 0 Å². The predicted molar refractivity (Wildman–Crippen MR) is 109 cm³/mol. The molecule has 3 heteroatoms. The van der Waals surface area contributed by atoms with Crippen molar-refractivity contribution in [2.24, 2.45) is 11.8 Å². The number of hydrogen-bond acceptors (Lipinski definition) is 1. The molecule has 24 heavy (non-hydrogen) atoms. The molecule has 0 spiro atoms. The second-order valence-electron chi connectivity index (χ2n) is 8.67. The first-order chi connectivity index (χ1) is 11.3. The Kier molecular flexibility index (Phi) is 9.87. The molecule has 1 rings (SSSR count). The first kappa shape index (κ1) is 21.9. The van der Waals surface area contributed by atoms with Crippen molar-refractivity contribution in [2.45, 2.75) is 104 Å². The number of likely N-dealkylation sites (tertiary alicyclic amines) is 1. The number of rotatable bonds is 10. The van der Waals surface area contributed by atoms with Gasteiger partial charge in [0.2, 0.25) is 5.91 Å². The van der Waals surface area contributed by atoms with Gasteiger partial charge < -0.3 is 4.90 Å². The largest absolute Gasteiger partial charge is 0.340 e. The van der Waals surface area contributed by atoms with Crippen molar-refractivity contribution >= 4 is 13.8 Å². The molecule has 0 bridgehead atoms. The fourth-order valence-electron chi connectivity index (χ4n) is 4.00. The van der Waals surface area contributed by atoms with Gasteiger partial charge in [-0.1, -0.05) is 41.5 Å². The highest BCUT2D eigenvalue weighted by atomic mass is 31.1. The van der Waals surface area contributed by atoms with Crippen LogP contribution in [-0.4, -0.2) is 41.4 Å². The van der Waals surface area contributed by atoms with E-state index in [0.29, 0.717) is 17.9 Å². The molecule has 142 valence electrons. The van der Waals surface area contributed by atoms with E-state index in [1.165, 1.54) is 38.5 Å². The van der Waals surface area contributed by atoms with Gasteiger partial charge in [0.05, 0.1) is 0 Å². The molecule has 1 amide bonds. The summed E-state index contributed by atoms with van der Waals surface area (Å²) in [5, 5.41) is 0. The zero-order valence-corrected chi connectivity index (χ0v) is 18.2. The van der Waals surface area contributed by atoms with E-state index in [1.54, 1.807) is 0 Å². The van der Waals surface area contributed by atoms with Gasteiger partial charge >= 0.3 is 0 Å². The van der Waals surface area contributed by atoms with Gasteiger partial charge in [-0.25, -0.2) is 0 Å². The molecule has 1 aliphatic rings. The van der Waals surface area contributed by atoms with Gasteiger partial charge in [0.1, 0.15) is 0 Å². The lowest BCUT2D eigenvalue weighted by Crippen LogP contribution is -2.36. The van der Waals surface area contributed by atoms with E-state index in [2.05, 4.69) is 53.1 Å². The summed E-state index contributed by atoms with van der Waals surface area (Å²) >= 11 is 0. The highest BCUT2D eigenvalue weighted by Gasteiger charge is 2.29. The van der Waals surface area contributed by atoms with Crippen molar-refractivity contribution in [1.82, 2.24) is 4.90 Å². The predicted octanol–water partition coefficient (Wildman–Crippen LogP) is 6.13. The Hall–Kier alpha value is -0.100. The van der Waals surface area contributed by atoms with Crippen LogP contribution in [0, 0.1) is 11.8 Å². The number of carbonyl (C=O) groups is 1. The van der Waals surface area contributed by atoms with Crippen molar-refractivity contribution in [3.63, 3.8) is 0 Å². The topological polar surface area (TPSA) is 20.3 Å². The van der Waals surface area contributed by atoms with E-state index in [-0.39, 0.29) is 7.92 Å². The molecule has 5 atom stereocenters. The Labute approximate surface area is 152 Å². The third-order valence-electron chi connectivity index (χ3n) is 6.00. The quantitative estimate of drug-likeness (QED) is 0.432. The van der Waals surface area contributed by atoms with E-state index in [0.717, 1.165) is 30.2 Å².